The highest BCUT2D eigenvalue weighted by Crippen LogP contribution is 2.35. The summed E-state index contributed by atoms with van der Waals surface area (Å²) in [5.74, 6) is -0.106. The molecule has 1 aromatic heterocycles. The fourth-order valence-corrected chi connectivity index (χ4v) is 1.62. The highest BCUT2D eigenvalue weighted by Gasteiger charge is 2.13. The van der Waals surface area contributed by atoms with Gasteiger partial charge >= 0.3 is 5.63 Å². The smallest absolute Gasteiger partial charge is 0.336 e. The van der Waals surface area contributed by atoms with Crippen molar-refractivity contribution in [2.45, 2.75) is 13.8 Å². The molecule has 1 heterocycles. The molecule has 0 unspecified atom stereocenters. The zero-order valence-corrected chi connectivity index (χ0v) is 8.37. The maximum Gasteiger partial charge on any atom is 0.336 e. The predicted octanol–water partition coefficient (Wildman–Crippen LogP) is 1.82. The van der Waals surface area contributed by atoms with Crippen molar-refractivity contribution < 1.29 is 14.6 Å². The molecular weight excluding hydrogens is 196 g/mol. The SMILES string of the molecule is Cc1cc(O)c2oc(=O)cc(C)c2c1O. The average molecular weight is 206 g/mol. The minimum atomic E-state index is -0.543. The Morgan fingerprint density at radius 1 is 1.13 bits per heavy atom. The molecular formula is C11H10O4. The summed E-state index contributed by atoms with van der Waals surface area (Å²) >= 11 is 0. The number of aryl methyl sites for hydroxylation is 2. The molecule has 0 spiro atoms. The van der Waals surface area contributed by atoms with E-state index in [0.29, 0.717) is 16.5 Å². The number of fused-ring (bicyclic) bond motifs is 1. The maximum absolute atomic E-state index is 11.1. The standard InChI is InChI=1S/C11H10O4/c1-5-4-8(13)15-11-7(12)3-6(2)10(14)9(5)11/h3-4,12,14H,1-2H3. The van der Waals surface area contributed by atoms with Crippen LogP contribution < -0.4 is 5.63 Å². The van der Waals surface area contributed by atoms with Crippen LogP contribution in [0.4, 0.5) is 0 Å². The molecule has 15 heavy (non-hydrogen) atoms. The van der Waals surface area contributed by atoms with E-state index in [0.717, 1.165) is 0 Å². The molecule has 2 aromatic rings. The van der Waals surface area contributed by atoms with E-state index in [4.69, 9.17) is 4.42 Å². The quantitative estimate of drug-likeness (QED) is 0.509. The van der Waals surface area contributed by atoms with Gasteiger partial charge in [0.1, 0.15) is 5.75 Å². The summed E-state index contributed by atoms with van der Waals surface area (Å²) in [5.41, 5.74) is 0.608. The third-order valence-corrected chi connectivity index (χ3v) is 2.35. The molecule has 1 aromatic carbocycles. The monoisotopic (exact) mass is 206 g/mol. The molecule has 2 N–H and O–H groups in total. The van der Waals surface area contributed by atoms with E-state index in [-0.39, 0.29) is 17.1 Å². The van der Waals surface area contributed by atoms with Crippen LogP contribution in [0, 0.1) is 13.8 Å². The average Bonchev–Trinajstić information content (AvgIpc) is 2.13. The number of hydrogen-bond acceptors (Lipinski definition) is 4. The summed E-state index contributed by atoms with van der Waals surface area (Å²) in [4.78, 5) is 11.1. The van der Waals surface area contributed by atoms with Crippen molar-refractivity contribution in [3.8, 4) is 11.5 Å². The molecule has 0 bridgehead atoms. The number of rotatable bonds is 0. The first-order chi connectivity index (χ1) is 7.00. The first kappa shape index (κ1) is 9.58. The summed E-state index contributed by atoms with van der Waals surface area (Å²) < 4.78 is 4.84. The third-order valence-electron chi connectivity index (χ3n) is 2.35. The Morgan fingerprint density at radius 3 is 2.47 bits per heavy atom. The van der Waals surface area contributed by atoms with Gasteiger partial charge in [-0.1, -0.05) is 0 Å². The number of phenolic OH excluding ortho intramolecular Hbond substituents is 2. The van der Waals surface area contributed by atoms with Crippen molar-refractivity contribution in [2.75, 3.05) is 0 Å². The Bertz CT molecular complexity index is 596. The van der Waals surface area contributed by atoms with E-state index in [9.17, 15) is 15.0 Å². The number of aromatic hydroxyl groups is 2. The molecule has 0 aliphatic heterocycles. The van der Waals surface area contributed by atoms with Crippen molar-refractivity contribution in [1.29, 1.82) is 0 Å². The molecule has 0 amide bonds. The summed E-state index contributed by atoms with van der Waals surface area (Å²) in [7, 11) is 0. The molecule has 0 saturated carbocycles. The largest absolute Gasteiger partial charge is 0.507 e. The van der Waals surface area contributed by atoms with Crippen LogP contribution in [-0.2, 0) is 0 Å². The first-order valence-electron chi connectivity index (χ1n) is 4.46. The summed E-state index contributed by atoms with van der Waals surface area (Å²) in [6.45, 7) is 3.34. The molecule has 0 radical (unpaired) electrons. The number of phenols is 2. The molecule has 0 fully saturated rings. The van der Waals surface area contributed by atoms with Crippen LogP contribution in [0.3, 0.4) is 0 Å². The van der Waals surface area contributed by atoms with E-state index in [1.165, 1.54) is 12.1 Å². The Hall–Kier alpha value is -1.97. The molecule has 0 atom stereocenters. The van der Waals surface area contributed by atoms with E-state index in [1.54, 1.807) is 13.8 Å². The first-order valence-corrected chi connectivity index (χ1v) is 4.46. The van der Waals surface area contributed by atoms with Gasteiger partial charge in [-0.25, -0.2) is 4.79 Å². The van der Waals surface area contributed by atoms with Crippen LogP contribution >= 0.6 is 0 Å². The topological polar surface area (TPSA) is 70.7 Å². The molecule has 0 aliphatic rings. The van der Waals surface area contributed by atoms with Crippen LogP contribution in [0.2, 0.25) is 0 Å². The number of hydrogen-bond donors (Lipinski definition) is 2. The second-order valence-electron chi connectivity index (χ2n) is 3.51. The van der Waals surface area contributed by atoms with Gasteiger partial charge in [0.25, 0.3) is 0 Å². The van der Waals surface area contributed by atoms with Crippen LogP contribution in [0.15, 0.2) is 21.3 Å². The Kier molecular flexibility index (Phi) is 1.93. The van der Waals surface area contributed by atoms with Crippen molar-refractivity contribution in [1.82, 2.24) is 0 Å². The van der Waals surface area contributed by atoms with Gasteiger partial charge in [-0.05, 0) is 31.0 Å². The predicted molar refractivity (Wildman–Crippen MR) is 55.3 cm³/mol. The highest BCUT2D eigenvalue weighted by molar-refractivity contribution is 5.91. The van der Waals surface area contributed by atoms with E-state index >= 15 is 0 Å². The van der Waals surface area contributed by atoms with Crippen molar-refractivity contribution in [3.05, 3.63) is 33.7 Å². The lowest BCUT2D eigenvalue weighted by Crippen LogP contribution is -1.98. The fraction of sp³-hybridized carbons (Fsp3) is 0.182. The fourth-order valence-electron chi connectivity index (χ4n) is 1.62. The molecule has 4 heteroatoms. The van der Waals surface area contributed by atoms with Gasteiger partial charge in [-0.15, -0.1) is 0 Å². The second kappa shape index (κ2) is 3.02. The van der Waals surface area contributed by atoms with Crippen LogP contribution in [0.5, 0.6) is 11.5 Å². The van der Waals surface area contributed by atoms with Gasteiger partial charge in [-0.3, -0.25) is 0 Å². The van der Waals surface area contributed by atoms with E-state index in [1.807, 2.05) is 0 Å². The minimum absolute atomic E-state index is 0.0306. The molecule has 0 aliphatic carbocycles. The Labute approximate surface area is 85.4 Å². The van der Waals surface area contributed by atoms with Crippen LogP contribution in [0.25, 0.3) is 11.0 Å². The summed E-state index contributed by atoms with van der Waals surface area (Å²) in [6, 6.07) is 2.64. The summed E-state index contributed by atoms with van der Waals surface area (Å²) in [6.07, 6.45) is 0. The van der Waals surface area contributed by atoms with Gasteiger partial charge in [-0.2, -0.15) is 0 Å². The van der Waals surface area contributed by atoms with Crippen molar-refractivity contribution in [3.63, 3.8) is 0 Å². The zero-order chi connectivity index (χ0) is 11.2. The van der Waals surface area contributed by atoms with Gasteiger partial charge in [0.15, 0.2) is 11.3 Å². The minimum Gasteiger partial charge on any atom is -0.507 e. The number of benzene rings is 1. The molecule has 4 nitrogen and oxygen atoms in total. The zero-order valence-electron chi connectivity index (χ0n) is 8.37. The van der Waals surface area contributed by atoms with Crippen molar-refractivity contribution >= 4 is 11.0 Å². The van der Waals surface area contributed by atoms with Crippen LogP contribution in [-0.4, -0.2) is 10.2 Å². The lowest BCUT2D eigenvalue weighted by atomic mass is 10.1. The lowest BCUT2D eigenvalue weighted by Gasteiger charge is -2.07. The third kappa shape index (κ3) is 1.34. The highest BCUT2D eigenvalue weighted by atomic mass is 16.4. The Morgan fingerprint density at radius 2 is 1.80 bits per heavy atom. The molecule has 2 rings (SSSR count). The molecule has 78 valence electrons. The maximum atomic E-state index is 11.1. The Balaban J connectivity index is 3.09. The lowest BCUT2D eigenvalue weighted by molar-refractivity contribution is 0.446. The van der Waals surface area contributed by atoms with Crippen LogP contribution in [0.1, 0.15) is 11.1 Å². The van der Waals surface area contributed by atoms with Gasteiger partial charge in [0.05, 0.1) is 5.39 Å². The van der Waals surface area contributed by atoms with Gasteiger partial charge in [0, 0.05) is 6.07 Å². The van der Waals surface area contributed by atoms with E-state index < -0.39 is 5.63 Å². The van der Waals surface area contributed by atoms with E-state index in [2.05, 4.69) is 0 Å². The van der Waals surface area contributed by atoms with Gasteiger partial charge < -0.3 is 14.6 Å². The summed E-state index contributed by atoms with van der Waals surface area (Å²) in [5, 5.41) is 19.7. The van der Waals surface area contributed by atoms with Gasteiger partial charge in [0.2, 0.25) is 0 Å². The second-order valence-corrected chi connectivity index (χ2v) is 3.51. The van der Waals surface area contributed by atoms with Crippen molar-refractivity contribution in [2.24, 2.45) is 0 Å². The normalized spacial score (nSPS) is 10.8. The molecule has 0 saturated heterocycles.